The third-order valence-electron chi connectivity index (χ3n) is 3.74. The number of methoxy groups -OCH3 is 1. The Morgan fingerprint density at radius 3 is 2.90 bits per heavy atom. The number of carbonyl (C=O) groups is 1. The highest BCUT2D eigenvalue weighted by Crippen LogP contribution is 2.25. The molecule has 1 aliphatic heterocycles. The molecule has 0 radical (unpaired) electrons. The molecule has 1 aliphatic rings. The standard InChI is InChI=1S/C16H23NO3/c1-3-20-16(18)14-9-6-7-11-17(14)12-13-8-4-5-10-15(13)19-2/h4-5,8,10,14H,3,6-7,9,11-12H2,1-2H3. The molecule has 1 heterocycles. The van der Waals surface area contributed by atoms with Crippen molar-refractivity contribution in [2.45, 2.75) is 38.8 Å². The predicted molar refractivity (Wildman–Crippen MR) is 77.7 cm³/mol. The van der Waals surface area contributed by atoms with E-state index in [1.54, 1.807) is 7.11 Å². The number of nitrogens with zero attached hydrogens (tertiary/aromatic N) is 1. The van der Waals surface area contributed by atoms with Gasteiger partial charge in [0.15, 0.2) is 0 Å². The molecule has 110 valence electrons. The molecule has 0 amide bonds. The van der Waals surface area contributed by atoms with Crippen LogP contribution < -0.4 is 4.74 Å². The second kappa shape index (κ2) is 7.29. The van der Waals surface area contributed by atoms with Gasteiger partial charge in [0.2, 0.25) is 0 Å². The molecule has 1 aromatic rings. The Hall–Kier alpha value is -1.55. The molecular formula is C16H23NO3. The van der Waals surface area contributed by atoms with Crippen LogP contribution in [0.1, 0.15) is 31.7 Å². The summed E-state index contributed by atoms with van der Waals surface area (Å²) in [6, 6.07) is 7.85. The Bertz CT molecular complexity index is 447. The van der Waals surface area contributed by atoms with Gasteiger partial charge in [-0.25, -0.2) is 0 Å². The van der Waals surface area contributed by atoms with Gasteiger partial charge in [-0.3, -0.25) is 9.69 Å². The Balaban J connectivity index is 2.10. The average molecular weight is 277 g/mol. The van der Waals surface area contributed by atoms with Crippen LogP contribution in [0.3, 0.4) is 0 Å². The molecule has 1 fully saturated rings. The molecule has 4 heteroatoms. The first kappa shape index (κ1) is 14.9. The Morgan fingerprint density at radius 2 is 2.15 bits per heavy atom. The van der Waals surface area contributed by atoms with Gasteiger partial charge in [-0.2, -0.15) is 0 Å². The zero-order valence-electron chi connectivity index (χ0n) is 12.3. The summed E-state index contributed by atoms with van der Waals surface area (Å²) in [5, 5.41) is 0. The fraction of sp³-hybridized carbons (Fsp3) is 0.562. The SMILES string of the molecule is CCOC(=O)C1CCCCN1Cc1ccccc1OC. The quantitative estimate of drug-likeness (QED) is 0.776. The van der Waals surface area contributed by atoms with E-state index in [9.17, 15) is 4.79 Å². The number of para-hydroxylation sites is 1. The first-order valence-electron chi connectivity index (χ1n) is 7.28. The fourth-order valence-electron chi connectivity index (χ4n) is 2.74. The molecule has 0 saturated carbocycles. The monoisotopic (exact) mass is 277 g/mol. The topological polar surface area (TPSA) is 38.8 Å². The lowest BCUT2D eigenvalue weighted by atomic mass is 10.0. The molecule has 0 spiro atoms. The van der Waals surface area contributed by atoms with Crippen LogP contribution in [0.2, 0.25) is 0 Å². The summed E-state index contributed by atoms with van der Waals surface area (Å²) in [4.78, 5) is 14.3. The van der Waals surface area contributed by atoms with Gasteiger partial charge in [-0.05, 0) is 32.4 Å². The Labute approximate surface area is 120 Å². The van der Waals surface area contributed by atoms with Crippen molar-refractivity contribution in [3.63, 3.8) is 0 Å². The first-order valence-corrected chi connectivity index (χ1v) is 7.28. The summed E-state index contributed by atoms with van der Waals surface area (Å²) in [6.07, 6.45) is 3.10. The summed E-state index contributed by atoms with van der Waals surface area (Å²) >= 11 is 0. The third-order valence-corrected chi connectivity index (χ3v) is 3.74. The summed E-state index contributed by atoms with van der Waals surface area (Å²) < 4.78 is 10.6. The summed E-state index contributed by atoms with van der Waals surface area (Å²) in [5.41, 5.74) is 1.12. The maximum absolute atomic E-state index is 12.1. The second-order valence-electron chi connectivity index (χ2n) is 5.05. The van der Waals surface area contributed by atoms with Gasteiger partial charge in [0.1, 0.15) is 11.8 Å². The Morgan fingerprint density at radius 1 is 1.35 bits per heavy atom. The smallest absolute Gasteiger partial charge is 0.323 e. The van der Waals surface area contributed by atoms with Gasteiger partial charge >= 0.3 is 5.97 Å². The van der Waals surface area contributed by atoms with Gasteiger partial charge < -0.3 is 9.47 Å². The zero-order chi connectivity index (χ0) is 14.4. The molecule has 20 heavy (non-hydrogen) atoms. The molecule has 0 N–H and O–H groups in total. The summed E-state index contributed by atoms with van der Waals surface area (Å²) in [5.74, 6) is 0.780. The third kappa shape index (κ3) is 3.51. The van der Waals surface area contributed by atoms with E-state index < -0.39 is 0 Å². The number of likely N-dealkylation sites (tertiary alicyclic amines) is 1. The molecule has 2 rings (SSSR count). The Kier molecular flexibility index (Phi) is 5.41. The summed E-state index contributed by atoms with van der Waals surface area (Å²) in [6.45, 7) is 3.96. The molecule has 0 bridgehead atoms. The van der Waals surface area contributed by atoms with Crippen molar-refractivity contribution in [2.75, 3.05) is 20.3 Å². The molecular weight excluding hydrogens is 254 g/mol. The van der Waals surface area contributed by atoms with Crippen molar-refractivity contribution < 1.29 is 14.3 Å². The van der Waals surface area contributed by atoms with Gasteiger partial charge in [0.05, 0.1) is 13.7 Å². The van der Waals surface area contributed by atoms with E-state index in [1.165, 1.54) is 0 Å². The second-order valence-corrected chi connectivity index (χ2v) is 5.05. The maximum Gasteiger partial charge on any atom is 0.323 e. The average Bonchev–Trinajstić information content (AvgIpc) is 2.48. The molecule has 0 aliphatic carbocycles. The summed E-state index contributed by atoms with van der Waals surface area (Å²) in [7, 11) is 1.68. The zero-order valence-corrected chi connectivity index (χ0v) is 12.3. The number of hydrogen-bond donors (Lipinski definition) is 0. The van der Waals surface area contributed by atoms with Crippen molar-refractivity contribution >= 4 is 5.97 Å². The first-order chi connectivity index (χ1) is 9.76. The van der Waals surface area contributed by atoms with E-state index in [1.807, 2.05) is 25.1 Å². The lowest BCUT2D eigenvalue weighted by Gasteiger charge is -2.34. The van der Waals surface area contributed by atoms with Crippen LogP contribution in [0.15, 0.2) is 24.3 Å². The van der Waals surface area contributed by atoms with E-state index in [4.69, 9.17) is 9.47 Å². The molecule has 1 aromatic carbocycles. The molecule has 1 unspecified atom stereocenters. The number of piperidine rings is 1. The van der Waals surface area contributed by atoms with Gasteiger partial charge in [0.25, 0.3) is 0 Å². The molecule has 0 aromatic heterocycles. The van der Waals surface area contributed by atoms with Gasteiger partial charge in [0, 0.05) is 12.1 Å². The van der Waals surface area contributed by atoms with Crippen LogP contribution in [0.25, 0.3) is 0 Å². The number of benzene rings is 1. The van der Waals surface area contributed by atoms with Crippen molar-refractivity contribution in [3.05, 3.63) is 29.8 Å². The normalized spacial score (nSPS) is 19.6. The van der Waals surface area contributed by atoms with E-state index in [0.29, 0.717) is 6.61 Å². The largest absolute Gasteiger partial charge is 0.496 e. The minimum Gasteiger partial charge on any atom is -0.496 e. The molecule has 1 saturated heterocycles. The fourth-order valence-corrected chi connectivity index (χ4v) is 2.74. The van der Waals surface area contributed by atoms with Crippen LogP contribution in [-0.2, 0) is 16.1 Å². The number of esters is 1. The van der Waals surface area contributed by atoms with Crippen LogP contribution >= 0.6 is 0 Å². The van der Waals surface area contributed by atoms with Crippen LogP contribution in [0.4, 0.5) is 0 Å². The number of ether oxygens (including phenoxy) is 2. The molecule has 1 atom stereocenters. The highest BCUT2D eigenvalue weighted by Gasteiger charge is 2.30. The van der Waals surface area contributed by atoms with Crippen LogP contribution in [-0.4, -0.2) is 37.2 Å². The predicted octanol–water partition coefficient (Wildman–Crippen LogP) is 2.61. The van der Waals surface area contributed by atoms with Crippen LogP contribution in [0, 0.1) is 0 Å². The lowest BCUT2D eigenvalue weighted by molar-refractivity contribution is -0.151. The number of hydrogen-bond acceptors (Lipinski definition) is 4. The van der Waals surface area contributed by atoms with Crippen LogP contribution in [0.5, 0.6) is 5.75 Å². The minimum atomic E-state index is -0.117. The number of carbonyl (C=O) groups excluding carboxylic acids is 1. The highest BCUT2D eigenvalue weighted by molar-refractivity contribution is 5.75. The highest BCUT2D eigenvalue weighted by atomic mass is 16.5. The van der Waals surface area contributed by atoms with Crippen molar-refractivity contribution in [1.82, 2.24) is 4.90 Å². The lowest BCUT2D eigenvalue weighted by Crippen LogP contribution is -2.45. The number of rotatable bonds is 5. The maximum atomic E-state index is 12.1. The van der Waals surface area contributed by atoms with Gasteiger partial charge in [-0.15, -0.1) is 0 Å². The van der Waals surface area contributed by atoms with Crippen molar-refractivity contribution in [2.24, 2.45) is 0 Å². The van der Waals surface area contributed by atoms with Crippen molar-refractivity contribution in [1.29, 1.82) is 0 Å². The molecule has 4 nitrogen and oxygen atoms in total. The van der Waals surface area contributed by atoms with E-state index in [-0.39, 0.29) is 12.0 Å². The van der Waals surface area contributed by atoms with E-state index in [0.717, 1.165) is 43.7 Å². The minimum absolute atomic E-state index is 0.0953. The van der Waals surface area contributed by atoms with E-state index in [2.05, 4.69) is 11.0 Å². The van der Waals surface area contributed by atoms with Crippen molar-refractivity contribution in [3.8, 4) is 5.75 Å². The van der Waals surface area contributed by atoms with E-state index >= 15 is 0 Å². The van der Waals surface area contributed by atoms with Gasteiger partial charge in [-0.1, -0.05) is 24.6 Å².